The van der Waals surface area contributed by atoms with Gasteiger partial charge < -0.3 is 9.84 Å². The molecule has 0 bridgehead atoms. The number of cyclic esters (lactones) is 1. The fraction of sp³-hybridized carbons (Fsp3) is 0.409. The van der Waals surface area contributed by atoms with Gasteiger partial charge in [-0.05, 0) is 43.7 Å². The lowest BCUT2D eigenvalue weighted by Crippen LogP contribution is -2.55. The summed E-state index contributed by atoms with van der Waals surface area (Å²) < 4.78 is 33.7. The summed E-state index contributed by atoms with van der Waals surface area (Å²) in [6.07, 6.45) is 5.57. The van der Waals surface area contributed by atoms with Crippen molar-refractivity contribution in [3.8, 4) is 11.1 Å². The van der Waals surface area contributed by atoms with Crippen LogP contribution in [0.5, 0.6) is 0 Å². The molecule has 4 unspecified atom stereocenters. The van der Waals surface area contributed by atoms with E-state index in [0.717, 1.165) is 11.1 Å². The molecule has 0 aromatic carbocycles. The van der Waals surface area contributed by atoms with E-state index in [4.69, 9.17) is 16.3 Å². The lowest BCUT2D eigenvalue weighted by molar-refractivity contribution is -0.184. The van der Waals surface area contributed by atoms with Crippen molar-refractivity contribution in [2.24, 2.45) is 11.8 Å². The first-order chi connectivity index (χ1) is 14.1. The number of alkyl halides is 2. The van der Waals surface area contributed by atoms with Crippen molar-refractivity contribution in [2.75, 3.05) is 0 Å². The number of halogens is 3. The minimum atomic E-state index is -3.12. The summed E-state index contributed by atoms with van der Waals surface area (Å²) in [5, 5.41) is 11.1. The fourth-order valence-electron chi connectivity index (χ4n) is 4.33. The van der Waals surface area contributed by atoms with Gasteiger partial charge in [-0.1, -0.05) is 24.6 Å². The minimum absolute atomic E-state index is 0.0258. The molecule has 4 atom stereocenters. The molecule has 1 aliphatic carbocycles. The third-order valence-electron chi connectivity index (χ3n) is 6.19. The highest BCUT2D eigenvalue weighted by Gasteiger charge is 2.68. The summed E-state index contributed by atoms with van der Waals surface area (Å²) in [5.41, 5.74) is -1.27. The molecular formula is C22H21ClF2N2O3. The predicted octanol–water partition coefficient (Wildman–Crippen LogP) is 4.54. The number of hydrogen-bond acceptors (Lipinski definition) is 5. The van der Waals surface area contributed by atoms with E-state index < -0.39 is 41.4 Å². The molecule has 0 spiro atoms. The summed E-state index contributed by atoms with van der Waals surface area (Å²) in [4.78, 5) is 20.7. The maximum absolute atomic E-state index is 14.2. The van der Waals surface area contributed by atoms with E-state index in [1.807, 2.05) is 12.1 Å². The molecule has 2 aromatic rings. The molecule has 0 amide bonds. The molecule has 30 heavy (non-hydrogen) atoms. The van der Waals surface area contributed by atoms with E-state index in [1.165, 1.54) is 6.92 Å². The molecule has 5 nitrogen and oxygen atoms in total. The van der Waals surface area contributed by atoms with Gasteiger partial charge in [0.1, 0.15) is 10.8 Å². The number of aliphatic hydroxyl groups is 1. The molecule has 0 radical (unpaired) electrons. The lowest BCUT2D eigenvalue weighted by Gasteiger charge is -2.42. The molecule has 4 rings (SSSR count). The van der Waals surface area contributed by atoms with Gasteiger partial charge in [-0.25, -0.2) is 18.6 Å². The van der Waals surface area contributed by atoms with Crippen molar-refractivity contribution in [3.05, 3.63) is 53.6 Å². The van der Waals surface area contributed by atoms with Gasteiger partial charge in [0.15, 0.2) is 5.60 Å². The largest absolute Gasteiger partial charge is 0.453 e. The molecule has 1 aliphatic heterocycles. The Hall–Kier alpha value is -2.38. The van der Waals surface area contributed by atoms with Crippen molar-refractivity contribution in [3.63, 3.8) is 0 Å². The van der Waals surface area contributed by atoms with Crippen molar-refractivity contribution < 1.29 is 23.4 Å². The van der Waals surface area contributed by atoms with E-state index >= 15 is 0 Å². The summed E-state index contributed by atoms with van der Waals surface area (Å²) in [6, 6.07) is 7.21. The topological polar surface area (TPSA) is 72.3 Å². The van der Waals surface area contributed by atoms with Crippen LogP contribution in [-0.2, 0) is 9.53 Å². The Labute approximate surface area is 177 Å². The van der Waals surface area contributed by atoms with Crippen LogP contribution in [0.3, 0.4) is 0 Å². The van der Waals surface area contributed by atoms with Crippen LogP contribution in [0.15, 0.2) is 42.7 Å². The maximum atomic E-state index is 14.2. The number of hydrogen-bond donors (Lipinski definition) is 1. The van der Waals surface area contributed by atoms with Gasteiger partial charge in [-0.2, -0.15) is 0 Å². The zero-order valence-electron chi connectivity index (χ0n) is 16.5. The number of rotatable bonds is 3. The van der Waals surface area contributed by atoms with Gasteiger partial charge in [-0.3, -0.25) is 4.98 Å². The number of pyridine rings is 2. The van der Waals surface area contributed by atoms with Crippen molar-refractivity contribution in [2.45, 2.75) is 43.8 Å². The number of carbonyl (C=O) groups is 1. The number of nitrogens with zero attached hydrogens (tertiary/aromatic N) is 2. The average Bonchev–Trinajstić information content (AvgIpc) is 2.87. The molecule has 158 valence electrons. The van der Waals surface area contributed by atoms with E-state index in [1.54, 1.807) is 43.6 Å². The second-order valence-corrected chi connectivity index (χ2v) is 8.63. The lowest BCUT2D eigenvalue weighted by atomic mass is 9.65. The van der Waals surface area contributed by atoms with Crippen LogP contribution < -0.4 is 0 Å². The highest BCUT2D eigenvalue weighted by molar-refractivity contribution is 6.32. The fourth-order valence-corrected chi connectivity index (χ4v) is 4.55. The van der Waals surface area contributed by atoms with E-state index in [2.05, 4.69) is 9.97 Å². The summed E-state index contributed by atoms with van der Waals surface area (Å²) in [5.74, 6) is -5.85. The summed E-state index contributed by atoms with van der Waals surface area (Å²) in [7, 11) is 0. The third kappa shape index (κ3) is 3.40. The first-order valence-corrected chi connectivity index (χ1v) is 10.0. The standard InChI is InChI=1S/C22H21ClF2N2O3/c1-13-10-17-20(2,30-19(28)21(17,29)12-22(13,24)25)8-7-15-6-5-14(11-27-15)16-4-3-9-26-18(16)23/h3-9,11,13,17,29H,10,12H2,1-2H3/b8-7+. The smallest absolute Gasteiger partial charge is 0.339 e. The van der Waals surface area contributed by atoms with Crippen LogP contribution in [0.25, 0.3) is 17.2 Å². The first kappa shape index (κ1) is 20.9. The van der Waals surface area contributed by atoms with Gasteiger partial charge in [0.25, 0.3) is 5.92 Å². The molecule has 8 heteroatoms. The van der Waals surface area contributed by atoms with E-state index in [0.29, 0.717) is 10.8 Å². The predicted molar refractivity (Wildman–Crippen MR) is 108 cm³/mol. The van der Waals surface area contributed by atoms with Gasteiger partial charge in [0, 0.05) is 35.4 Å². The minimum Gasteiger partial charge on any atom is -0.453 e. The van der Waals surface area contributed by atoms with Crippen LogP contribution in [-0.4, -0.2) is 38.2 Å². The quantitative estimate of drug-likeness (QED) is 0.567. The molecule has 3 heterocycles. The average molecular weight is 435 g/mol. The number of esters is 1. The van der Waals surface area contributed by atoms with Crippen molar-refractivity contribution in [1.82, 2.24) is 9.97 Å². The van der Waals surface area contributed by atoms with Gasteiger partial charge >= 0.3 is 5.97 Å². The Balaban J connectivity index is 1.58. The van der Waals surface area contributed by atoms with Crippen LogP contribution in [0.4, 0.5) is 8.78 Å². The Morgan fingerprint density at radius 2 is 2.07 bits per heavy atom. The highest BCUT2D eigenvalue weighted by Crippen LogP contribution is 2.55. The van der Waals surface area contributed by atoms with Gasteiger partial charge in [-0.15, -0.1) is 0 Å². The SMILES string of the molecule is CC1CC2C(C)(/C=C/c3ccc(-c4cccnc4Cl)cn3)OC(=O)C2(O)CC1(F)F. The monoisotopic (exact) mass is 434 g/mol. The van der Waals surface area contributed by atoms with E-state index in [-0.39, 0.29) is 6.42 Å². The molecule has 1 saturated carbocycles. The second-order valence-electron chi connectivity index (χ2n) is 8.27. The highest BCUT2D eigenvalue weighted by atomic mass is 35.5. The Kier molecular flexibility index (Phi) is 4.94. The van der Waals surface area contributed by atoms with Crippen LogP contribution >= 0.6 is 11.6 Å². The van der Waals surface area contributed by atoms with Crippen molar-refractivity contribution in [1.29, 1.82) is 0 Å². The maximum Gasteiger partial charge on any atom is 0.339 e. The number of carbonyl (C=O) groups excluding carboxylic acids is 1. The normalized spacial score (nSPS) is 32.8. The van der Waals surface area contributed by atoms with Crippen molar-refractivity contribution >= 4 is 23.6 Å². The number of fused-ring (bicyclic) bond motifs is 1. The van der Waals surface area contributed by atoms with Gasteiger partial charge in [0.2, 0.25) is 0 Å². The molecule has 2 fully saturated rings. The Morgan fingerprint density at radius 3 is 2.73 bits per heavy atom. The number of aromatic nitrogens is 2. The zero-order valence-corrected chi connectivity index (χ0v) is 17.2. The molecule has 1 saturated heterocycles. The summed E-state index contributed by atoms with van der Waals surface area (Å²) >= 11 is 6.11. The molecule has 1 N–H and O–H groups in total. The van der Waals surface area contributed by atoms with E-state index in [9.17, 15) is 18.7 Å². The Bertz CT molecular complexity index is 1010. The first-order valence-electron chi connectivity index (χ1n) is 9.65. The molecule has 2 aromatic heterocycles. The number of ether oxygens (including phenoxy) is 1. The Morgan fingerprint density at radius 1 is 1.30 bits per heavy atom. The van der Waals surface area contributed by atoms with Crippen LogP contribution in [0.2, 0.25) is 5.15 Å². The molecular weight excluding hydrogens is 414 g/mol. The third-order valence-corrected chi connectivity index (χ3v) is 6.49. The van der Waals surface area contributed by atoms with Crippen LogP contribution in [0, 0.1) is 11.8 Å². The molecule has 2 aliphatic rings. The summed E-state index contributed by atoms with van der Waals surface area (Å²) in [6.45, 7) is 3.06. The zero-order chi connectivity index (χ0) is 21.7. The van der Waals surface area contributed by atoms with Gasteiger partial charge in [0.05, 0.1) is 12.1 Å². The second kappa shape index (κ2) is 7.10. The van der Waals surface area contributed by atoms with Crippen LogP contribution in [0.1, 0.15) is 32.4 Å².